The Labute approximate surface area is 124 Å². The van der Waals surface area contributed by atoms with Gasteiger partial charge < -0.3 is 4.84 Å². The van der Waals surface area contributed by atoms with Gasteiger partial charge in [0.2, 0.25) is 0 Å². The van der Waals surface area contributed by atoms with Crippen LogP contribution in [-0.4, -0.2) is 27.8 Å². The minimum Gasteiger partial charge on any atom is -0.341 e. The van der Waals surface area contributed by atoms with Crippen LogP contribution in [0.3, 0.4) is 0 Å². The van der Waals surface area contributed by atoms with Gasteiger partial charge in [0, 0.05) is 23.4 Å². The number of rotatable bonds is 6. The van der Waals surface area contributed by atoms with Crippen LogP contribution in [0.2, 0.25) is 0 Å². The number of carbonyl (C=O) groups is 1. The molecular formula is C15H20N2O2S. The smallest absolute Gasteiger partial charge is 0.333 e. The van der Waals surface area contributed by atoms with E-state index < -0.39 is 0 Å². The molecule has 20 heavy (non-hydrogen) atoms. The molecule has 1 aromatic rings. The highest BCUT2D eigenvalue weighted by Gasteiger charge is 2.26. The molecule has 0 saturated carbocycles. The summed E-state index contributed by atoms with van der Waals surface area (Å²) in [7, 11) is 0. The summed E-state index contributed by atoms with van der Waals surface area (Å²) in [5, 5.41) is 1.66. The van der Waals surface area contributed by atoms with Crippen molar-refractivity contribution in [3.63, 3.8) is 0 Å². The van der Waals surface area contributed by atoms with Crippen molar-refractivity contribution >= 4 is 17.7 Å². The molecule has 1 aliphatic rings. The lowest BCUT2D eigenvalue weighted by atomic mass is 10.2. The first kappa shape index (κ1) is 14.9. The summed E-state index contributed by atoms with van der Waals surface area (Å²) in [5.74, 6) is 1.37. The van der Waals surface area contributed by atoms with Crippen molar-refractivity contribution in [2.75, 3.05) is 5.75 Å². The van der Waals surface area contributed by atoms with Crippen LogP contribution in [0.15, 0.2) is 36.7 Å². The summed E-state index contributed by atoms with van der Waals surface area (Å²) < 4.78 is 0. The molecule has 2 heterocycles. The molecule has 4 nitrogen and oxygen atoms in total. The molecule has 1 fully saturated rings. The lowest BCUT2D eigenvalue weighted by Crippen LogP contribution is -2.28. The Morgan fingerprint density at radius 1 is 1.60 bits per heavy atom. The van der Waals surface area contributed by atoms with Crippen molar-refractivity contribution in [1.29, 1.82) is 0 Å². The zero-order chi connectivity index (χ0) is 14.4. The fourth-order valence-electron chi connectivity index (χ4n) is 2.04. The van der Waals surface area contributed by atoms with Gasteiger partial charge in [0.25, 0.3) is 0 Å². The number of allylic oxidation sites excluding steroid dienone is 1. The Morgan fingerprint density at radius 2 is 2.45 bits per heavy atom. The number of hydrogen-bond donors (Lipinski definition) is 0. The van der Waals surface area contributed by atoms with Gasteiger partial charge in [0.1, 0.15) is 0 Å². The fourth-order valence-corrected chi connectivity index (χ4v) is 2.88. The fraction of sp³-hybridized carbons (Fsp3) is 0.467. The quantitative estimate of drug-likeness (QED) is 0.753. The van der Waals surface area contributed by atoms with E-state index in [0.29, 0.717) is 6.42 Å². The van der Waals surface area contributed by atoms with E-state index in [1.165, 1.54) is 0 Å². The van der Waals surface area contributed by atoms with E-state index in [-0.39, 0.29) is 12.0 Å². The highest BCUT2D eigenvalue weighted by molar-refractivity contribution is 7.98. The van der Waals surface area contributed by atoms with Crippen LogP contribution in [-0.2, 0) is 15.4 Å². The molecular weight excluding hydrogens is 272 g/mol. The maximum Gasteiger partial charge on any atom is 0.333 e. The number of hydroxylamine groups is 2. The second kappa shape index (κ2) is 7.33. The number of hydrogen-bond acceptors (Lipinski definition) is 5. The maximum absolute atomic E-state index is 11.8. The SMILES string of the molecule is C=C1CCC(C)N1OC(=O)CCSCc1ccccn1. The highest BCUT2D eigenvalue weighted by Crippen LogP contribution is 2.26. The molecule has 1 saturated heterocycles. The van der Waals surface area contributed by atoms with Gasteiger partial charge in [-0.2, -0.15) is 11.8 Å². The van der Waals surface area contributed by atoms with Crippen LogP contribution < -0.4 is 0 Å². The number of thioether (sulfide) groups is 1. The van der Waals surface area contributed by atoms with Gasteiger partial charge >= 0.3 is 5.97 Å². The minimum atomic E-state index is -0.187. The first-order chi connectivity index (χ1) is 9.66. The zero-order valence-electron chi connectivity index (χ0n) is 11.7. The second-order valence-corrected chi connectivity index (χ2v) is 5.97. The standard InChI is InChI=1S/C15H20N2O2S/c1-12-6-7-13(2)17(12)19-15(18)8-10-20-11-14-5-3-4-9-16-14/h3-5,9,13H,1,6-8,10-11H2,2H3. The number of carbonyl (C=O) groups excluding carboxylic acids is 1. The van der Waals surface area contributed by atoms with Crippen molar-refractivity contribution < 1.29 is 9.63 Å². The molecule has 0 radical (unpaired) electrons. The largest absolute Gasteiger partial charge is 0.341 e. The topological polar surface area (TPSA) is 42.4 Å². The van der Waals surface area contributed by atoms with Crippen LogP contribution in [0.5, 0.6) is 0 Å². The van der Waals surface area contributed by atoms with E-state index in [1.807, 2.05) is 25.1 Å². The molecule has 0 bridgehead atoms. The van der Waals surface area contributed by atoms with E-state index in [0.717, 1.165) is 35.7 Å². The predicted octanol–water partition coefficient (Wildman–Crippen LogP) is 3.16. The Morgan fingerprint density at radius 3 is 3.10 bits per heavy atom. The Bertz CT molecular complexity index is 464. The van der Waals surface area contributed by atoms with Gasteiger partial charge in [-0.3, -0.25) is 4.98 Å². The van der Waals surface area contributed by atoms with Crippen LogP contribution >= 0.6 is 11.8 Å². The highest BCUT2D eigenvalue weighted by atomic mass is 32.2. The molecule has 1 unspecified atom stereocenters. The summed E-state index contributed by atoms with van der Waals surface area (Å²) in [4.78, 5) is 21.4. The molecule has 5 heteroatoms. The van der Waals surface area contributed by atoms with Crippen molar-refractivity contribution in [1.82, 2.24) is 10.0 Å². The molecule has 0 amide bonds. The summed E-state index contributed by atoms with van der Waals surface area (Å²) in [6, 6.07) is 6.10. The van der Waals surface area contributed by atoms with Crippen molar-refractivity contribution in [2.45, 2.75) is 38.0 Å². The van der Waals surface area contributed by atoms with Crippen LogP contribution in [0.4, 0.5) is 0 Å². The molecule has 0 spiro atoms. The first-order valence-electron chi connectivity index (χ1n) is 6.82. The summed E-state index contributed by atoms with van der Waals surface area (Å²) >= 11 is 1.69. The van der Waals surface area contributed by atoms with E-state index in [9.17, 15) is 4.79 Å². The molecule has 0 N–H and O–H groups in total. The predicted molar refractivity (Wildman–Crippen MR) is 80.8 cm³/mol. The van der Waals surface area contributed by atoms with Crippen molar-refractivity contribution in [3.05, 3.63) is 42.4 Å². The Kier molecular flexibility index (Phi) is 5.47. The van der Waals surface area contributed by atoms with Crippen LogP contribution in [0.25, 0.3) is 0 Å². The Hall–Kier alpha value is -1.49. The summed E-state index contributed by atoms with van der Waals surface area (Å²) in [5.41, 5.74) is 1.93. The molecule has 1 aliphatic heterocycles. The lowest BCUT2D eigenvalue weighted by molar-refractivity contribution is -0.184. The summed E-state index contributed by atoms with van der Waals surface area (Å²) in [6.45, 7) is 5.95. The molecule has 1 atom stereocenters. The van der Waals surface area contributed by atoms with Crippen LogP contribution in [0.1, 0.15) is 31.9 Å². The van der Waals surface area contributed by atoms with Gasteiger partial charge in [-0.05, 0) is 31.9 Å². The average Bonchev–Trinajstić information content (AvgIpc) is 2.77. The first-order valence-corrected chi connectivity index (χ1v) is 7.97. The zero-order valence-corrected chi connectivity index (χ0v) is 12.6. The normalized spacial score (nSPS) is 18.4. The number of pyridine rings is 1. The van der Waals surface area contributed by atoms with Gasteiger partial charge in [-0.25, -0.2) is 9.86 Å². The second-order valence-electron chi connectivity index (χ2n) is 4.87. The average molecular weight is 292 g/mol. The summed E-state index contributed by atoms with van der Waals surface area (Å²) in [6.07, 6.45) is 4.10. The monoisotopic (exact) mass is 292 g/mol. The number of nitrogens with zero attached hydrogens (tertiary/aromatic N) is 2. The third-order valence-corrected chi connectivity index (χ3v) is 4.18. The molecule has 2 rings (SSSR count). The molecule has 108 valence electrons. The van der Waals surface area contributed by atoms with Crippen LogP contribution in [0, 0.1) is 0 Å². The lowest BCUT2D eigenvalue weighted by Gasteiger charge is -2.22. The van der Waals surface area contributed by atoms with Crippen molar-refractivity contribution in [2.24, 2.45) is 0 Å². The van der Waals surface area contributed by atoms with E-state index in [2.05, 4.69) is 11.6 Å². The maximum atomic E-state index is 11.8. The van der Waals surface area contributed by atoms with E-state index >= 15 is 0 Å². The van der Waals surface area contributed by atoms with Crippen molar-refractivity contribution in [3.8, 4) is 0 Å². The van der Waals surface area contributed by atoms with Gasteiger partial charge in [0.05, 0.1) is 18.2 Å². The van der Waals surface area contributed by atoms with E-state index in [4.69, 9.17) is 4.84 Å². The molecule has 0 aromatic carbocycles. The molecule has 0 aliphatic carbocycles. The van der Waals surface area contributed by atoms with E-state index in [1.54, 1.807) is 23.0 Å². The van der Waals surface area contributed by atoms with Gasteiger partial charge in [-0.1, -0.05) is 12.6 Å². The third kappa shape index (κ3) is 4.27. The third-order valence-electron chi connectivity index (χ3n) is 3.19. The van der Waals surface area contributed by atoms with Gasteiger partial charge in [0.15, 0.2) is 0 Å². The minimum absolute atomic E-state index is 0.187. The number of aromatic nitrogens is 1. The Balaban J connectivity index is 1.64. The van der Waals surface area contributed by atoms with Gasteiger partial charge in [-0.15, -0.1) is 0 Å². The molecule has 1 aromatic heterocycles.